The maximum atomic E-state index is 13.8. The number of esters is 1. The van der Waals surface area contributed by atoms with Crippen molar-refractivity contribution in [3.05, 3.63) is 95.6 Å². The van der Waals surface area contributed by atoms with E-state index in [4.69, 9.17) is 16.2 Å². The van der Waals surface area contributed by atoms with Crippen molar-refractivity contribution in [3.8, 4) is 0 Å². The summed E-state index contributed by atoms with van der Waals surface area (Å²) in [5, 5.41) is 2.74. The molecule has 1 saturated heterocycles. The molecule has 3 aromatic carbocycles. The van der Waals surface area contributed by atoms with E-state index >= 15 is 0 Å². The largest absolute Gasteiger partial charge is 0.593 e. The molecular formula is C32H39N5O5S. The summed E-state index contributed by atoms with van der Waals surface area (Å²) in [5.74, 6) is -0.982. The lowest BCUT2D eigenvalue weighted by Gasteiger charge is -2.33. The predicted molar refractivity (Wildman–Crippen MR) is 166 cm³/mol. The van der Waals surface area contributed by atoms with Crippen molar-refractivity contribution in [2.45, 2.75) is 49.8 Å². The number of carbonyl (C=O) groups excluding carboxylic acids is 3. The summed E-state index contributed by atoms with van der Waals surface area (Å²) < 4.78 is 22.0. The number of benzene rings is 3. The summed E-state index contributed by atoms with van der Waals surface area (Å²) in [5.41, 5.74) is 14.5. The lowest BCUT2D eigenvalue weighted by Crippen LogP contribution is -2.52. The van der Waals surface area contributed by atoms with Gasteiger partial charge in [-0.1, -0.05) is 60.7 Å². The maximum Gasteiger partial charge on any atom is 0.309 e. The normalized spacial score (nSPS) is 15.0. The quantitative estimate of drug-likeness (QED) is 0.171. The van der Waals surface area contributed by atoms with Gasteiger partial charge < -0.3 is 31.0 Å². The van der Waals surface area contributed by atoms with Gasteiger partial charge >= 0.3 is 5.97 Å². The first kappa shape index (κ1) is 32.2. The van der Waals surface area contributed by atoms with E-state index in [2.05, 4.69) is 10.0 Å². The lowest BCUT2D eigenvalue weighted by molar-refractivity contribution is -0.153. The van der Waals surface area contributed by atoms with E-state index in [1.54, 1.807) is 29.2 Å². The SMILES string of the molecule is NCCC(=O)Nc1cccc([S+]([O-])N[C@@H](Cc2cccc(CN)c2)C(=O)N2CCC(C(=O)OCc3ccccc3)CC2)c1. The molecule has 0 saturated carbocycles. The number of nitrogens with one attached hydrogen (secondary N) is 2. The average Bonchev–Trinajstić information content (AvgIpc) is 3.03. The molecule has 2 amide bonds. The zero-order valence-electron chi connectivity index (χ0n) is 24.1. The van der Waals surface area contributed by atoms with Gasteiger partial charge in [-0.25, -0.2) is 0 Å². The summed E-state index contributed by atoms with van der Waals surface area (Å²) in [6.07, 6.45) is 1.45. The van der Waals surface area contributed by atoms with Crippen molar-refractivity contribution in [3.63, 3.8) is 0 Å². The van der Waals surface area contributed by atoms with E-state index in [0.29, 0.717) is 49.5 Å². The van der Waals surface area contributed by atoms with Gasteiger partial charge in [0.2, 0.25) is 11.8 Å². The van der Waals surface area contributed by atoms with Crippen LogP contribution in [0.3, 0.4) is 0 Å². The van der Waals surface area contributed by atoms with Gasteiger partial charge in [-0.05, 0) is 41.7 Å². The van der Waals surface area contributed by atoms with Crippen molar-refractivity contribution in [2.24, 2.45) is 17.4 Å². The van der Waals surface area contributed by atoms with E-state index in [1.807, 2.05) is 54.6 Å². The number of ether oxygens (including phenoxy) is 1. The van der Waals surface area contributed by atoms with E-state index < -0.39 is 17.4 Å². The molecule has 0 radical (unpaired) electrons. The van der Waals surface area contributed by atoms with E-state index in [9.17, 15) is 18.9 Å². The number of likely N-dealkylation sites (tertiary alicyclic amines) is 1. The highest BCUT2D eigenvalue weighted by atomic mass is 32.2. The summed E-state index contributed by atoms with van der Waals surface area (Å²) in [4.78, 5) is 40.6. The Balaban J connectivity index is 1.42. The van der Waals surface area contributed by atoms with Crippen LogP contribution < -0.4 is 21.5 Å². The van der Waals surface area contributed by atoms with Crippen LogP contribution in [0.5, 0.6) is 0 Å². The number of nitrogens with zero attached hydrogens (tertiary/aromatic N) is 1. The molecule has 6 N–H and O–H groups in total. The van der Waals surface area contributed by atoms with Crippen molar-refractivity contribution in [1.82, 2.24) is 9.62 Å². The topological polar surface area (TPSA) is 163 Å². The van der Waals surface area contributed by atoms with Crippen molar-refractivity contribution < 1.29 is 23.7 Å². The van der Waals surface area contributed by atoms with Crippen LogP contribution in [-0.2, 0) is 50.1 Å². The first-order chi connectivity index (χ1) is 20.9. The molecule has 1 heterocycles. The molecule has 2 atom stereocenters. The summed E-state index contributed by atoms with van der Waals surface area (Å²) >= 11 is -1.76. The highest BCUT2D eigenvalue weighted by molar-refractivity contribution is 7.89. The van der Waals surface area contributed by atoms with Crippen LogP contribution in [0.4, 0.5) is 5.69 Å². The predicted octanol–water partition coefficient (Wildman–Crippen LogP) is 2.64. The van der Waals surface area contributed by atoms with Gasteiger partial charge in [0, 0.05) is 50.8 Å². The number of nitrogens with two attached hydrogens (primary N) is 2. The van der Waals surface area contributed by atoms with Gasteiger partial charge in [0.25, 0.3) is 0 Å². The molecule has 1 unspecified atom stereocenters. The van der Waals surface area contributed by atoms with Gasteiger partial charge in [0.15, 0.2) is 4.90 Å². The molecule has 228 valence electrons. The van der Waals surface area contributed by atoms with Gasteiger partial charge in [-0.15, -0.1) is 4.72 Å². The molecular weight excluding hydrogens is 566 g/mol. The van der Waals surface area contributed by atoms with Crippen LogP contribution in [-0.4, -0.2) is 52.9 Å². The standard InChI is InChI=1S/C32H39N5O5S/c33-15-12-30(38)35-27-10-5-11-28(20-27)43(41)36-29(19-24-8-4-9-25(18-24)21-34)31(39)37-16-13-26(14-17-37)32(40)42-22-23-6-2-1-3-7-23/h1-11,18,20,26,29,36H,12-17,19,21-22,33-34H2,(H,35,38)/t29-,43?/m0/s1. The monoisotopic (exact) mass is 605 g/mol. The number of carbonyl (C=O) groups is 3. The Bertz CT molecular complexity index is 1370. The third-order valence-electron chi connectivity index (χ3n) is 7.28. The molecule has 43 heavy (non-hydrogen) atoms. The average molecular weight is 606 g/mol. The first-order valence-corrected chi connectivity index (χ1v) is 15.6. The number of amides is 2. The number of hydrogen-bond acceptors (Lipinski definition) is 8. The lowest BCUT2D eigenvalue weighted by atomic mass is 9.95. The third-order valence-corrected chi connectivity index (χ3v) is 8.46. The fourth-order valence-electron chi connectivity index (χ4n) is 4.94. The first-order valence-electron chi connectivity index (χ1n) is 14.4. The third kappa shape index (κ3) is 9.63. The van der Waals surface area contributed by atoms with Gasteiger partial charge in [-0.3, -0.25) is 14.4 Å². The minimum atomic E-state index is -1.76. The highest BCUT2D eigenvalue weighted by Gasteiger charge is 2.34. The Morgan fingerprint density at radius 3 is 2.35 bits per heavy atom. The van der Waals surface area contributed by atoms with E-state index in [-0.39, 0.29) is 43.3 Å². The molecule has 1 fully saturated rings. The Kier molecular flexibility index (Phi) is 12.1. The van der Waals surface area contributed by atoms with Crippen LogP contribution in [0.15, 0.2) is 83.8 Å². The minimum Gasteiger partial charge on any atom is -0.593 e. The number of anilines is 1. The summed E-state index contributed by atoms with van der Waals surface area (Å²) in [6, 6.07) is 23.0. The van der Waals surface area contributed by atoms with Crippen molar-refractivity contribution >= 4 is 34.8 Å². The molecule has 1 aliphatic heterocycles. The maximum absolute atomic E-state index is 13.8. The molecule has 0 aromatic heterocycles. The highest BCUT2D eigenvalue weighted by Crippen LogP contribution is 2.22. The van der Waals surface area contributed by atoms with Crippen molar-refractivity contribution in [1.29, 1.82) is 0 Å². The molecule has 10 nitrogen and oxygen atoms in total. The number of hydrogen-bond donors (Lipinski definition) is 4. The molecule has 0 spiro atoms. The molecule has 4 rings (SSSR count). The molecule has 1 aliphatic rings. The zero-order valence-corrected chi connectivity index (χ0v) is 24.9. The van der Waals surface area contributed by atoms with Gasteiger partial charge in [0.05, 0.1) is 17.3 Å². The molecule has 0 aliphatic carbocycles. The number of rotatable bonds is 13. The summed E-state index contributed by atoms with van der Waals surface area (Å²) in [7, 11) is 0. The zero-order chi connectivity index (χ0) is 30.6. The summed E-state index contributed by atoms with van der Waals surface area (Å²) in [6.45, 7) is 1.58. The second-order valence-corrected chi connectivity index (χ2v) is 11.7. The van der Waals surface area contributed by atoms with E-state index in [0.717, 1.165) is 16.7 Å². The van der Waals surface area contributed by atoms with Crippen LogP contribution in [0.2, 0.25) is 0 Å². The smallest absolute Gasteiger partial charge is 0.309 e. The van der Waals surface area contributed by atoms with Crippen LogP contribution in [0.1, 0.15) is 36.0 Å². The Morgan fingerprint density at radius 1 is 0.930 bits per heavy atom. The van der Waals surface area contributed by atoms with Crippen LogP contribution in [0, 0.1) is 5.92 Å². The molecule has 3 aromatic rings. The molecule has 0 bridgehead atoms. The minimum absolute atomic E-state index is 0.172. The van der Waals surface area contributed by atoms with Gasteiger partial charge in [-0.2, -0.15) is 0 Å². The van der Waals surface area contributed by atoms with Gasteiger partial charge in [0.1, 0.15) is 12.6 Å². The molecule has 11 heteroatoms. The number of piperidine rings is 1. The fraction of sp³-hybridized carbons (Fsp3) is 0.344. The Labute approximate surface area is 255 Å². The van der Waals surface area contributed by atoms with E-state index in [1.165, 1.54) is 0 Å². The van der Waals surface area contributed by atoms with Crippen molar-refractivity contribution in [2.75, 3.05) is 25.0 Å². The van der Waals surface area contributed by atoms with Crippen LogP contribution in [0.25, 0.3) is 0 Å². The second kappa shape index (κ2) is 16.2. The second-order valence-electron chi connectivity index (χ2n) is 10.5. The fourth-order valence-corrected chi connectivity index (χ4v) is 5.96. The Hall–Kier alpha value is -3.74. The Morgan fingerprint density at radius 2 is 1.63 bits per heavy atom. The van der Waals surface area contributed by atoms with Crippen LogP contribution >= 0.6 is 0 Å².